The first kappa shape index (κ1) is 19.0. The van der Waals surface area contributed by atoms with Gasteiger partial charge in [-0.15, -0.1) is 10.2 Å². The lowest BCUT2D eigenvalue weighted by atomic mass is 9.97. The number of rotatable bonds is 5. The highest BCUT2D eigenvalue weighted by Crippen LogP contribution is 2.22. The minimum absolute atomic E-state index is 0.0527. The van der Waals surface area contributed by atoms with Gasteiger partial charge in [0.25, 0.3) is 0 Å². The maximum Gasteiger partial charge on any atom is 0.225 e. The Bertz CT molecular complexity index is 968. The number of aromatic nitrogens is 5. The third-order valence-electron chi connectivity index (χ3n) is 5.20. The molecular weight excluding hydrogens is 366 g/mol. The maximum absolute atomic E-state index is 12.6. The second kappa shape index (κ2) is 8.38. The number of amides is 1. The summed E-state index contributed by atoms with van der Waals surface area (Å²) in [5.41, 5.74) is 3.02. The van der Waals surface area contributed by atoms with Crippen LogP contribution in [0.15, 0.2) is 42.7 Å². The molecule has 3 aromatic rings. The zero-order valence-electron chi connectivity index (χ0n) is 16.7. The molecule has 4 rings (SSSR count). The van der Waals surface area contributed by atoms with Crippen molar-refractivity contribution in [2.24, 2.45) is 5.92 Å². The fourth-order valence-electron chi connectivity index (χ4n) is 3.69. The Hall–Kier alpha value is -3.29. The fraction of sp³-hybridized carbons (Fsp3) is 0.381. The summed E-state index contributed by atoms with van der Waals surface area (Å²) >= 11 is 0. The normalized spacial score (nSPS) is 16.6. The Morgan fingerprint density at radius 1 is 1.14 bits per heavy atom. The van der Waals surface area contributed by atoms with E-state index in [0.717, 1.165) is 42.2 Å². The molecule has 0 spiro atoms. The number of nitrogens with one attached hydrogen (secondary N) is 1. The van der Waals surface area contributed by atoms with Crippen molar-refractivity contribution < 1.29 is 4.79 Å². The fourth-order valence-corrected chi connectivity index (χ4v) is 3.69. The molecule has 150 valence electrons. The van der Waals surface area contributed by atoms with Crippen molar-refractivity contribution in [2.45, 2.75) is 33.2 Å². The second-order valence-electron chi connectivity index (χ2n) is 7.45. The highest BCUT2D eigenvalue weighted by Gasteiger charge is 2.26. The molecule has 1 aliphatic heterocycles. The van der Waals surface area contributed by atoms with Crippen LogP contribution in [-0.2, 0) is 11.3 Å². The summed E-state index contributed by atoms with van der Waals surface area (Å²) < 4.78 is 1.79. The number of hydrogen-bond acceptors (Lipinski definition) is 6. The third-order valence-corrected chi connectivity index (χ3v) is 5.20. The summed E-state index contributed by atoms with van der Waals surface area (Å²) in [6, 6.07) is 9.71. The Morgan fingerprint density at radius 3 is 2.59 bits per heavy atom. The van der Waals surface area contributed by atoms with Crippen molar-refractivity contribution in [1.82, 2.24) is 30.3 Å². The Kier molecular flexibility index (Phi) is 5.50. The van der Waals surface area contributed by atoms with Gasteiger partial charge in [0, 0.05) is 37.7 Å². The van der Waals surface area contributed by atoms with E-state index in [0.29, 0.717) is 18.9 Å². The average molecular weight is 391 g/mol. The van der Waals surface area contributed by atoms with Crippen LogP contribution in [0.4, 0.5) is 5.82 Å². The van der Waals surface area contributed by atoms with Gasteiger partial charge in [-0.05, 0) is 62.6 Å². The van der Waals surface area contributed by atoms with Crippen LogP contribution in [0.5, 0.6) is 0 Å². The molecule has 0 saturated carbocycles. The Balaban J connectivity index is 1.39. The van der Waals surface area contributed by atoms with Crippen LogP contribution >= 0.6 is 0 Å². The van der Waals surface area contributed by atoms with E-state index in [1.165, 1.54) is 0 Å². The number of carbonyl (C=O) groups is 1. The number of aryl methyl sites for hydroxylation is 2. The summed E-state index contributed by atoms with van der Waals surface area (Å²) in [5.74, 6) is 1.52. The molecule has 4 heterocycles. The van der Waals surface area contributed by atoms with Crippen LogP contribution < -0.4 is 10.2 Å². The molecule has 1 unspecified atom stereocenters. The molecule has 1 amide bonds. The summed E-state index contributed by atoms with van der Waals surface area (Å²) in [7, 11) is 0. The number of pyridine rings is 1. The van der Waals surface area contributed by atoms with Crippen molar-refractivity contribution in [2.75, 3.05) is 18.0 Å². The molecular formula is C21H25N7O. The quantitative estimate of drug-likeness (QED) is 0.717. The Labute approximate surface area is 170 Å². The highest BCUT2D eigenvalue weighted by atomic mass is 16.1. The summed E-state index contributed by atoms with van der Waals surface area (Å²) in [6.07, 6.45) is 5.31. The molecule has 29 heavy (non-hydrogen) atoms. The molecule has 1 fully saturated rings. The molecule has 0 aliphatic carbocycles. The van der Waals surface area contributed by atoms with E-state index in [1.807, 2.05) is 44.2 Å². The number of carbonyl (C=O) groups excluding carboxylic acids is 1. The molecule has 0 aromatic carbocycles. The molecule has 1 saturated heterocycles. The Morgan fingerprint density at radius 2 is 1.90 bits per heavy atom. The molecule has 1 aliphatic rings. The lowest BCUT2D eigenvalue weighted by Gasteiger charge is -2.32. The molecule has 8 nitrogen and oxygen atoms in total. The predicted molar refractivity (Wildman–Crippen MR) is 110 cm³/mol. The van der Waals surface area contributed by atoms with Crippen molar-refractivity contribution in [3.05, 3.63) is 59.7 Å². The van der Waals surface area contributed by atoms with Crippen LogP contribution in [0.25, 0.3) is 5.82 Å². The lowest BCUT2D eigenvalue weighted by Crippen LogP contribution is -2.43. The lowest BCUT2D eigenvalue weighted by molar-refractivity contribution is -0.125. The summed E-state index contributed by atoms with van der Waals surface area (Å²) in [4.78, 5) is 18.8. The van der Waals surface area contributed by atoms with Crippen LogP contribution in [0.1, 0.15) is 29.8 Å². The van der Waals surface area contributed by atoms with E-state index in [1.54, 1.807) is 17.1 Å². The van der Waals surface area contributed by atoms with Gasteiger partial charge in [0.2, 0.25) is 5.91 Å². The van der Waals surface area contributed by atoms with Gasteiger partial charge >= 0.3 is 0 Å². The van der Waals surface area contributed by atoms with Crippen molar-refractivity contribution in [3.63, 3.8) is 0 Å². The van der Waals surface area contributed by atoms with Gasteiger partial charge in [-0.1, -0.05) is 0 Å². The second-order valence-corrected chi connectivity index (χ2v) is 7.45. The zero-order valence-corrected chi connectivity index (χ0v) is 16.7. The third kappa shape index (κ3) is 4.42. The van der Waals surface area contributed by atoms with E-state index in [2.05, 4.69) is 30.5 Å². The molecule has 1 atom stereocenters. The SMILES string of the molecule is Cc1cc(C)n(-c2ccc(N3CCCC(C(=O)NCc4ccncc4)C3)nn2)n1. The number of hydrogen-bond donors (Lipinski definition) is 1. The van der Waals surface area contributed by atoms with Crippen LogP contribution in [0.2, 0.25) is 0 Å². The number of nitrogens with zero attached hydrogens (tertiary/aromatic N) is 6. The van der Waals surface area contributed by atoms with Gasteiger partial charge in [-0.2, -0.15) is 5.10 Å². The van der Waals surface area contributed by atoms with E-state index in [9.17, 15) is 4.79 Å². The van der Waals surface area contributed by atoms with E-state index < -0.39 is 0 Å². The highest BCUT2D eigenvalue weighted by molar-refractivity contribution is 5.79. The number of piperidine rings is 1. The van der Waals surface area contributed by atoms with E-state index in [-0.39, 0.29) is 11.8 Å². The summed E-state index contributed by atoms with van der Waals surface area (Å²) in [5, 5.41) is 16.2. The molecule has 0 radical (unpaired) electrons. The van der Waals surface area contributed by atoms with Crippen LogP contribution in [0, 0.1) is 19.8 Å². The standard InChI is InChI=1S/C21H25N7O/c1-15-12-16(2)28(26-15)20-6-5-19(24-25-20)27-11-3-4-18(14-27)21(29)23-13-17-7-9-22-10-8-17/h5-10,12,18H,3-4,11,13-14H2,1-2H3,(H,23,29). The van der Waals surface area contributed by atoms with Gasteiger partial charge in [0.05, 0.1) is 11.6 Å². The van der Waals surface area contributed by atoms with Crippen LogP contribution in [-0.4, -0.2) is 44.0 Å². The molecule has 3 aromatic heterocycles. The van der Waals surface area contributed by atoms with Gasteiger partial charge in [0.1, 0.15) is 0 Å². The van der Waals surface area contributed by atoms with Crippen molar-refractivity contribution in [3.8, 4) is 5.82 Å². The average Bonchev–Trinajstić information content (AvgIpc) is 3.11. The monoisotopic (exact) mass is 391 g/mol. The van der Waals surface area contributed by atoms with Gasteiger partial charge < -0.3 is 10.2 Å². The minimum atomic E-state index is -0.0527. The van der Waals surface area contributed by atoms with E-state index >= 15 is 0 Å². The largest absolute Gasteiger partial charge is 0.354 e. The smallest absolute Gasteiger partial charge is 0.225 e. The van der Waals surface area contributed by atoms with Gasteiger partial charge in [-0.3, -0.25) is 9.78 Å². The topological polar surface area (TPSA) is 88.8 Å². The molecule has 0 bridgehead atoms. The van der Waals surface area contributed by atoms with Gasteiger partial charge in [-0.25, -0.2) is 4.68 Å². The zero-order chi connectivity index (χ0) is 20.2. The van der Waals surface area contributed by atoms with Gasteiger partial charge in [0.15, 0.2) is 11.6 Å². The van der Waals surface area contributed by atoms with E-state index in [4.69, 9.17) is 0 Å². The minimum Gasteiger partial charge on any atom is -0.354 e. The van der Waals surface area contributed by atoms with Crippen molar-refractivity contribution >= 4 is 11.7 Å². The maximum atomic E-state index is 12.6. The summed E-state index contributed by atoms with van der Waals surface area (Å²) in [6.45, 7) is 6.00. The van der Waals surface area contributed by atoms with Crippen molar-refractivity contribution in [1.29, 1.82) is 0 Å². The first-order valence-electron chi connectivity index (χ1n) is 9.89. The molecule has 1 N–H and O–H groups in total. The van der Waals surface area contributed by atoms with Crippen LogP contribution in [0.3, 0.4) is 0 Å². The first-order chi connectivity index (χ1) is 14.1. The predicted octanol–water partition coefficient (Wildman–Crippen LogP) is 2.21. The first-order valence-corrected chi connectivity index (χ1v) is 9.89. The number of anilines is 1. The molecule has 8 heteroatoms.